The second kappa shape index (κ2) is 7.95. The molecule has 0 spiro atoms. The maximum Gasteiger partial charge on any atom is 0.252 e. The number of nitrogens with zero attached hydrogens (tertiary/aromatic N) is 1. The van der Waals surface area contributed by atoms with Crippen LogP contribution in [0.3, 0.4) is 0 Å². The number of benzene rings is 2. The van der Waals surface area contributed by atoms with Gasteiger partial charge in [-0.2, -0.15) is 0 Å². The fourth-order valence-corrected chi connectivity index (χ4v) is 4.32. The number of fused-ring (bicyclic) bond motifs is 1. The van der Waals surface area contributed by atoms with Gasteiger partial charge in [0.1, 0.15) is 0 Å². The normalized spacial score (nSPS) is 14.9. The predicted molar refractivity (Wildman–Crippen MR) is 113 cm³/mol. The fraction of sp³-hybridized carbons (Fsp3) is 0.409. The van der Waals surface area contributed by atoms with Gasteiger partial charge in [-0.3, -0.25) is 9.10 Å². The monoisotopic (exact) mass is 400 g/mol. The van der Waals surface area contributed by atoms with E-state index < -0.39 is 10.0 Å². The molecule has 1 amide bonds. The minimum Gasteiger partial charge on any atom is -0.346 e. The summed E-state index contributed by atoms with van der Waals surface area (Å²) >= 11 is 0. The fourth-order valence-electron chi connectivity index (χ4n) is 3.77. The Kier molecular flexibility index (Phi) is 5.79. The van der Waals surface area contributed by atoms with Gasteiger partial charge >= 0.3 is 0 Å². The Morgan fingerprint density at radius 2 is 1.79 bits per heavy atom. The van der Waals surface area contributed by atoms with Crippen molar-refractivity contribution >= 4 is 21.6 Å². The first kappa shape index (κ1) is 20.4. The molecule has 0 radical (unpaired) electrons. The van der Waals surface area contributed by atoms with E-state index in [1.807, 2.05) is 6.92 Å². The molecule has 0 heterocycles. The topological polar surface area (TPSA) is 66.5 Å². The Balaban J connectivity index is 1.81. The Morgan fingerprint density at radius 1 is 1.11 bits per heavy atom. The van der Waals surface area contributed by atoms with Gasteiger partial charge in [-0.1, -0.05) is 24.3 Å². The first-order chi connectivity index (χ1) is 13.2. The second-order valence-corrected chi connectivity index (χ2v) is 9.62. The molecule has 5 nitrogen and oxygen atoms in total. The molecule has 6 heteroatoms. The van der Waals surface area contributed by atoms with Crippen molar-refractivity contribution in [1.29, 1.82) is 0 Å². The molecule has 1 aliphatic carbocycles. The molecule has 0 aromatic heterocycles. The summed E-state index contributed by atoms with van der Waals surface area (Å²) in [6.07, 6.45) is 5.85. The third-order valence-electron chi connectivity index (χ3n) is 5.61. The molecule has 1 atom stereocenters. The molecule has 1 N–H and O–H groups in total. The number of anilines is 1. The SMILES string of the molecule is Cc1c(C(=O)N[C@@H](C)c2ccc3c(c2)CCCC3)cccc1N(C)S(C)(=O)=O. The van der Waals surface area contributed by atoms with Crippen molar-refractivity contribution in [3.05, 3.63) is 64.2 Å². The average Bonchev–Trinajstić information content (AvgIpc) is 2.66. The Bertz CT molecular complexity index is 999. The average molecular weight is 401 g/mol. The van der Waals surface area contributed by atoms with Gasteiger partial charge in [-0.15, -0.1) is 0 Å². The largest absolute Gasteiger partial charge is 0.346 e. The summed E-state index contributed by atoms with van der Waals surface area (Å²) in [6.45, 7) is 3.75. The van der Waals surface area contributed by atoms with Gasteiger partial charge in [-0.25, -0.2) is 8.42 Å². The number of sulfonamides is 1. The molecule has 0 saturated carbocycles. The van der Waals surface area contributed by atoms with Crippen LogP contribution in [0.5, 0.6) is 0 Å². The number of aryl methyl sites for hydroxylation is 2. The van der Waals surface area contributed by atoms with E-state index in [1.54, 1.807) is 25.1 Å². The quantitative estimate of drug-likeness (QED) is 0.831. The van der Waals surface area contributed by atoms with E-state index in [2.05, 4.69) is 23.5 Å². The molecule has 2 aromatic carbocycles. The number of hydrogen-bond donors (Lipinski definition) is 1. The highest BCUT2D eigenvalue weighted by molar-refractivity contribution is 7.92. The van der Waals surface area contributed by atoms with E-state index in [4.69, 9.17) is 0 Å². The van der Waals surface area contributed by atoms with Gasteiger partial charge in [0, 0.05) is 12.6 Å². The molecule has 0 unspecified atom stereocenters. The zero-order valence-electron chi connectivity index (χ0n) is 17.0. The minimum atomic E-state index is -3.39. The van der Waals surface area contributed by atoms with E-state index in [0.29, 0.717) is 16.8 Å². The molecule has 0 fully saturated rings. The zero-order valence-corrected chi connectivity index (χ0v) is 17.8. The number of hydrogen-bond acceptors (Lipinski definition) is 3. The lowest BCUT2D eigenvalue weighted by Gasteiger charge is -2.22. The number of nitrogens with one attached hydrogen (secondary N) is 1. The molecule has 28 heavy (non-hydrogen) atoms. The van der Waals surface area contributed by atoms with E-state index in [9.17, 15) is 13.2 Å². The maximum atomic E-state index is 12.9. The van der Waals surface area contributed by atoms with E-state index in [-0.39, 0.29) is 11.9 Å². The zero-order chi connectivity index (χ0) is 20.5. The molecule has 3 rings (SSSR count). The molecule has 0 bridgehead atoms. The van der Waals surface area contributed by atoms with Crippen molar-refractivity contribution in [3.8, 4) is 0 Å². The van der Waals surface area contributed by atoms with Crippen molar-refractivity contribution in [2.24, 2.45) is 0 Å². The number of carbonyl (C=O) groups is 1. The van der Waals surface area contributed by atoms with Gasteiger partial charge in [0.25, 0.3) is 5.91 Å². The lowest BCUT2D eigenvalue weighted by atomic mass is 9.89. The lowest BCUT2D eigenvalue weighted by Crippen LogP contribution is -2.29. The van der Waals surface area contributed by atoms with E-state index in [1.165, 1.54) is 35.3 Å². The highest BCUT2D eigenvalue weighted by Crippen LogP contribution is 2.27. The summed E-state index contributed by atoms with van der Waals surface area (Å²) in [4.78, 5) is 12.9. The number of amides is 1. The first-order valence-electron chi connectivity index (χ1n) is 9.64. The third-order valence-corrected chi connectivity index (χ3v) is 6.80. The van der Waals surface area contributed by atoms with Crippen LogP contribution in [0.2, 0.25) is 0 Å². The Labute approximate surface area is 167 Å². The molecular formula is C22H28N2O3S. The van der Waals surface area contributed by atoms with Crippen LogP contribution in [0.4, 0.5) is 5.69 Å². The van der Waals surface area contributed by atoms with E-state index in [0.717, 1.165) is 24.7 Å². The Hall–Kier alpha value is -2.34. The molecule has 0 aliphatic heterocycles. The molecule has 150 valence electrons. The smallest absolute Gasteiger partial charge is 0.252 e. The standard InChI is InChI=1S/C22H28N2O3S/c1-15-20(10-7-11-21(15)24(3)28(4,26)27)22(25)23-16(2)18-13-12-17-8-5-6-9-19(17)14-18/h7,10-14,16H,5-6,8-9H2,1-4H3,(H,23,25)/t16-/m0/s1. The summed E-state index contributed by atoms with van der Waals surface area (Å²) in [7, 11) is -1.90. The van der Waals surface area contributed by atoms with Gasteiger partial charge in [0.2, 0.25) is 10.0 Å². The summed E-state index contributed by atoms with van der Waals surface area (Å²) < 4.78 is 24.9. The van der Waals surface area contributed by atoms with Crippen LogP contribution in [0, 0.1) is 6.92 Å². The summed E-state index contributed by atoms with van der Waals surface area (Å²) in [5, 5.41) is 3.06. The van der Waals surface area contributed by atoms with Crippen LogP contribution in [-0.4, -0.2) is 27.6 Å². The molecule has 0 saturated heterocycles. The molecular weight excluding hydrogens is 372 g/mol. The first-order valence-corrected chi connectivity index (χ1v) is 11.5. The van der Waals surface area contributed by atoms with E-state index >= 15 is 0 Å². The third kappa shape index (κ3) is 4.22. The van der Waals surface area contributed by atoms with Gasteiger partial charge in [0.05, 0.1) is 18.0 Å². The van der Waals surface area contributed by atoms with Crippen LogP contribution < -0.4 is 9.62 Å². The van der Waals surface area contributed by atoms with Crippen LogP contribution in [-0.2, 0) is 22.9 Å². The molecule has 2 aromatic rings. The lowest BCUT2D eigenvalue weighted by molar-refractivity contribution is 0.0939. The summed E-state index contributed by atoms with van der Waals surface area (Å²) in [5.41, 5.74) is 5.54. The summed E-state index contributed by atoms with van der Waals surface area (Å²) in [6, 6.07) is 11.5. The minimum absolute atomic E-state index is 0.129. The van der Waals surface area contributed by atoms with Crippen LogP contribution in [0.25, 0.3) is 0 Å². The van der Waals surface area contributed by atoms with Gasteiger partial charge < -0.3 is 5.32 Å². The van der Waals surface area contributed by atoms with Crippen LogP contribution in [0.15, 0.2) is 36.4 Å². The Morgan fingerprint density at radius 3 is 2.46 bits per heavy atom. The van der Waals surface area contributed by atoms with Crippen LogP contribution >= 0.6 is 0 Å². The number of carbonyl (C=O) groups excluding carboxylic acids is 1. The number of rotatable bonds is 5. The van der Waals surface area contributed by atoms with Crippen LogP contribution in [0.1, 0.15) is 58.4 Å². The second-order valence-electron chi connectivity index (χ2n) is 7.61. The molecule has 1 aliphatic rings. The highest BCUT2D eigenvalue weighted by atomic mass is 32.2. The maximum absolute atomic E-state index is 12.9. The highest BCUT2D eigenvalue weighted by Gasteiger charge is 2.20. The van der Waals surface area contributed by atoms with Crippen molar-refractivity contribution in [1.82, 2.24) is 5.32 Å². The van der Waals surface area contributed by atoms with Crippen molar-refractivity contribution < 1.29 is 13.2 Å². The van der Waals surface area contributed by atoms with Crippen molar-refractivity contribution in [2.75, 3.05) is 17.6 Å². The van der Waals surface area contributed by atoms with Crippen molar-refractivity contribution in [2.45, 2.75) is 45.6 Å². The van der Waals surface area contributed by atoms with Crippen molar-refractivity contribution in [3.63, 3.8) is 0 Å². The van der Waals surface area contributed by atoms with Gasteiger partial charge in [-0.05, 0) is 73.9 Å². The predicted octanol–water partition coefficient (Wildman–Crippen LogP) is 3.76. The summed E-state index contributed by atoms with van der Waals surface area (Å²) in [5.74, 6) is -0.202. The van der Waals surface area contributed by atoms with Gasteiger partial charge in [0.15, 0.2) is 0 Å².